The Morgan fingerprint density at radius 1 is 1.31 bits per heavy atom. The zero-order chi connectivity index (χ0) is 9.68. The Morgan fingerprint density at radius 3 is 2.38 bits per heavy atom. The number of rotatable bonds is 5. The maximum atomic E-state index is 3.30. The van der Waals surface area contributed by atoms with Gasteiger partial charge in [-0.15, -0.1) is 0 Å². The summed E-state index contributed by atoms with van der Waals surface area (Å²) in [6, 6.07) is 0. The standard InChI is InChI=1S/C11H23NS/c1-9(2)11(8-12-3)13-10-6-4-5-7-10/h9-12H,4-8H2,1-3H3. The minimum absolute atomic E-state index is 0.804. The van der Waals surface area contributed by atoms with Gasteiger partial charge < -0.3 is 5.32 Å². The van der Waals surface area contributed by atoms with Crippen molar-refractivity contribution in [3.63, 3.8) is 0 Å². The van der Waals surface area contributed by atoms with E-state index in [0.29, 0.717) is 0 Å². The van der Waals surface area contributed by atoms with Crippen LogP contribution in [0, 0.1) is 5.92 Å². The maximum Gasteiger partial charge on any atom is 0.0198 e. The summed E-state index contributed by atoms with van der Waals surface area (Å²) in [5.41, 5.74) is 0. The molecule has 78 valence electrons. The Bertz CT molecular complexity index is 130. The first-order valence-electron chi connectivity index (χ1n) is 5.54. The van der Waals surface area contributed by atoms with E-state index in [1.165, 1.54) is 32.2 Å². The Labute approximate surface area is 87.1 Å². The third-order valence-corrected chi connectivity index (χ3v) is 4.74. The molecule has 0 aromatic carbocycles. The third kappa shape index (κ3) is 3.90. The predicted octanol–water partition coefficient (Wildman–Crippen LogP) is 2.91. The van der Waals surface area contributed by atoms with E-state index in [9.17, 15) is 0 Å². The lowest BCUT2D eigenvalue weighted by molar-refractivity contribution is 0.576. The van der Waals surface area contributed by atoms with E-state index in [-0.39, 0.29) is 0 Å². The van der Waals surface area contributed by atoms with Crippen LogP contribution in [-0.2, 0) is 0 Å². The highest BCUT2D eigenvalue weighted by atomic mass is 32.2. The molecule has 0 bridgehead atoms. The molecule has 2 heteroatoms. The molecule has 1 atom stereocenters. The minimum atomic E-state index is 0.804. The lowest BCUT2D eigenvalue weighted by Crippen LogP contribution is -2.27. The fraction of sp³-hybridized carbons (Fsp3) is 1.00. The number of hydrogen-bond donors (Lipinski definition) is 1. The highest BCUT2D eigenvalue weighted by molar-refractivity contribution is 8.00. The van der Waals surface area contributed by atoms with E-state index in [0.717, 1.165) is 16.4 Å². The molecule has 1 nitrogen and oxygen atoms in total. The third-order valence-electron chi connectivity index (χ3n) is 2.82. The summed E-state index contributed by atoms with van der Waals surface area (Å²) in [6.45, 7) is 5.84. The summed E-state index contributed by atoms with van der Waals surface area (Å²) in [7, 11) is 2.06. The molecule has 0 aromatic heterocycles. The second-order valence-electron chi connectivity index (χ2n) is 4.38. The summed E-state index contributed by atoms with van der Waals surface area (Å²) in [4.78, 5) is 0. The van der Waals surface area contributed by atoms with E-state index in [2.05, 4.69) is 38.0 Å². The number of hydrogen-bond acceptors (Lipinski definition) is 2. The fourth-order valence-electron chi connectivity index (χ4n) is 1.91. The highest BCUT2D eigenvalue weighted by Crippen LogP contribution is 2.34. The smallest absolute Gasteiger partial charge is 0.0198 e. The lowest BCUT2D eigenvalue weighted by atomic mass is 10.1. The van der Waals surface area contributed by atoms with Crippen LogP contribution in [0.4, 0.5) is 0 Å². The van der Waals surface area contributed by atoms with Crippen LogP contribution in [0.2, 0.25) is 0 Å². The molecule has 1 aliphatic carbocycles. The second-order valence-corrected chi connectivity index (χ2v) is 5.93. The van der Waals surface area contributed by atoms with Gasteiger partial charge in [-0.3, -0.25) is 0 Å². The van der Waals surface area contributed by atoms with Crippen LogP contribution < -0.4 is 5.32 Å². The first kappa shape index (κ1) is 11.4. The van der Waals surface area contributed by atoms with Crippen molar-refractivity contribution in [3.05, 3.63) is 0 Å². The number of thioether (sulfide) groups is 1. The topological polar surface area (TPSA) is 12.0 Å². The molecular weight excluding hydrogens is 178 g/mol. The van der Waals surface area contributed by atoms with Crippen molar-refractivity contribution in [1.29, 1.82) is 0 Å². The molecule has 0 aromatic rings. The highest BCUT2D eigenvalue weighted by Gasteiger charge is 2.21. The summed E-state index contributed by atoms with van der Waals surface area (Å²) in [6.07, 6.45) is 5.83. The normalized spacial score (nSPS) is 21.2. The maximum absolute atomic E-state index is 3.30. The van der Waals surface area contributed by atoms with Gasteiger partial charge in [-0.25, -0.2) is 0 Å². The van der Waals surface area contributed by atoms with Gasteiger partial charge in [0.15, 0.2) is 0 Å². The van der Waals surface area contributed by atoms with Crippen molar-refractivity contribution in [1.82, 2.24) is 5.32 Å². The van der Waals surface area contributed by atoms with Crippen molar-refractivity contribution < 1.29 is 0 Å². The zero-order valence-corrected chi connectivity index (χ0v) is 9.99. The summed E-state index contributed by atoms with van der Waals surface area (Å²) in [5.74, 6) is 0.804. The fourth-order valence-corrected chi connectivity index (χ4v) is 3.59. The molecule has 1 unspecified atom stereocenters. The minimum Gasteiger partial charge on any atom is -0.319 e. The van der Waals surface area contributed by atoms with Gasteiger partial charge in [0.1, 0.15) is 0 Å². The molecule has 0 radical (unpaired) electrons. The molecule has 0 aliphatic heterocycles. The van der Waals surface area contributed by atoms with Crippen LogP contribution in [0.25, 0.3) is 0 Å². The molecule has 13 heavy (non-hydrogen) atoms. The Morgan fingerprint density at radius 2 is 1.92 bits per heavy atom. The van der Waals surface area contributed by atoms with Gasteiger partial charge in [0.05, 0.1) is 0 Å². The molecule has 1 aliphatic rings. The van der Waals surface area contributed by atoms with Gasteiger partial charge in [-0.2, -0.15) is 11.8 Å². The molecule has 1 saturated carbocycles. The van der Waals surface area contributed by atoms with Crippen molar-refractivity contribution >= 4 is 11.8 Å². The average Bonchev–Trinajstić information content (AvgIpc) is 2.56. The van der Waals surface area contributed by atoms with Crippen LogP contribution in [0.5, 0.6) is 0 Å². The largest absolute Gasteiger partial charge is 0.319 e. The van der Waals surface area contributed by atoms with Crippen molar-refractivity contribution in [3.8, 4) is 0 Å². The summed E-state index contributed by atoms with van der Waals surface area (Å²) < 4.78 is 0. The van der Waals surface area contributed by atoms with Crippen LogP contribution >= 0.6 is 11.8 Å². The van der Waals surface area contributed by atoms with Gasteiger partial charge in [-0.1, -0.05) is 26.7 Å². The average molecular weight is 201 g/mol. The van der Waals surface area contributed by atoms with E-state index < -0.39 is 0 Å². The Hall–Kier alpha value is 0.310. The van der Waals surface area contributed by atoms with Gasteiger partial charge in [-0.05, 0) is 25.8 Å². The summed E-state index contributed by atoms with van der Waals surface area (Å²) >= 11 is 2.22. The van der Waals surface area contributed by atoms with Crippen molar-refractivity contribution in [2.45, 2.75) is 50.0 Å². The first-order chi connectivity index (χ1) is 6.24. The van der Waals surface area contributed by atoms with Crippen LogP contribution in [0.1, 0.15) is 39.5 Å². The van der Waals surface area contributed by atoms with Crippen molar-refractivity contribution in [2.75, 3.05) is 13.6 Å². The Kier molecular flexibility index (Phi) is 5.18. The lowest BCUT2D eigenvalue weighted by Gasteiger charge is -2.23. The SMILES string of the molecule is CNCC(SC1CCCC1)C(C)C. The van der Waals surface area contributed by atoms with Crippen LogP contribution in [-0.4, -0.2) is 24.1 Å². The zero-order valence-electron chi connectivity index (χ0n) is 9.18. The molecule has 1 rings (SSSR count). The van der Waals surface area contributed by atoms with E-state index in [4.69, 9.17) is 0 Å². The first-order valence-corrected chi connectivity index (χ1v) is 6.48. The summed E-state index contributed by atoms with van der Waals surface area (Å²) in [5, 5.41) is 5.07. The van der Waals surface area contributed by atoms with E-state index in [1.54, 1.807) is 0 Å². The molecule has 1 fully saturated rings. The monoisotopic (exact) mass is 201 g/mol. The van der Waals surface area contributed by atoms with Gasteiger partial charge in [0, 0.05) is 17.0 Å². The second kappa shape index (κ2) is 5.92. The molecular formula is C11H23NS. The quantitative estimate of drug-likeness (QED) is 0.734. The van der Waals surface area contributed by atoms with E-state index in [1.807, 2.05) is 0 Å². The molecule has 0 heterocycles. The van der Waals surface area contributed by atoms with Gasteiger partial charge in [0.25, 0.3) is 0 Å². The Balaban J connectivity index is 2.27. The van der Waals surface area contributed by atoms with E-state index >= 15 is 0 Å². The molecule has 1 N–H and O–H groups in total. The van der Waals surface area contributed by atoms with Crippen LogP contribution in [0.3, 0.4) is 0 Å². The van der Waals surface area contributed by atoms with Crippen LogP contribution in [0.15, 0.2) is 0 Å². The predicted molar refractivity (Wildman–Crippen MR) is 62.4 cm³/mol. The number of nitrogens with one attached hydrogen (secondary N) is 1. The van der Waals surface area contributed by atoms with Gasteiger partial charge in [0.2, 0.25) is 0 Å². The molecule has 0 amide bonds. The molecule has 0 spiro atoms. The van der Waals surface area contributed by atoms with Crippen molar-refractivity contribution in [2.24, 2.45) is 5.92 Å². The molecule has 0 saturated heterocycles. The van der Waals surface area contributed by atoms with Gasteiger partial charge >= 0.3 is 0 Å².